The van der Waals surface area contributed by atoms with Crippen LogP contribution in [-0.2, 0) is 16.0 Å². The second kappa shape index (κ2) is 6.93. The zero-order valence-corrected chi connectivity index (χ0v) is 17.2. The number of ether oxygens (including phenoxy) is 1. The average Bonchev–Trinajstić information content (AvgIpc) is 3.08. The van der Waals surface area contributed by atoms with E-state index >= 15 is 0 Å². The molecule has 5 heteroatoms. The van der Waals surface area contributed by atoms with Crippen LogP contribution in [0.4, 0.5) is 0 Å². The number of aliphatic hydroxyl groups excluding tert-OH is 1. The fourth-order valence-electron chi connectivity index (χ4n) is 6.33. The van der Waals surface area contributed by atoms with Crippen molar-refractivity contribution >= 4 is 5.97 Å². The summed E-state index contributed by atoms with van der Waals surface area (Å²) < 4.78 is 10.7. The lowest BCUT2D eigenvalue weighted by atomic mass is 9.42. The summed E-state index contributed by atoms with van der Waals surface area (Å²) in [6, 6.07) is 1.92. The van der Waals surface area contributed by atoms with Crippen molar-refractivity contribution in [2.45, 2.75) is 84.5 Å². The molecule has 0 radical (unpaired) electrons. The van der Waals surface area contributed by atoms with E-state index < -0.39 is 29.2 Å². The van der Waals surface area contributed by atoms with Gasteiger partial charge in [-0.25, -0.2) is 0 Å². The minimum absolute atomic E-state index is 0.144. The fraction of sp³-hybridized carbons (Fsp3) is 0.773. The Balaban J connectivity index is 2.02. The van der Waals surface area contributed by atoms with E-state index in [-0.39, 0.29) is 17.3 Å². The summed E-state index contributed by atoms with van der Waals surface area (Å²) >= 11 is 0. The minimum Gasteiger partial charge on any atom is -0.472 e. The zero-order valence-electron chi connectivity index (χ0n) is 17.2. The molecular formula is C22H34O5. The molecule has 27 heavy (non-hydrogen) atoms. The lowest BCUT2D eigenvalue weighted by Crippen LogP contribution is -2.71. The van der Waals surface area contributed by atoms with Gasteiger partial charge in [0.2, 0.25) is 0 Å². The van der Waals surface area contributed by atoms with Gasteiger partial charge in [-0.15, -0.1) is 0 Å². The Kier molecular flexibility index (Phi) is 5.23. The van der Waals surface area contributed by atoms with Gasteiger partial charge in [0.05, 0.1) is 24.2 Å². The van der Waals surface area contributed by atoms with Gasteiger partial charge in [-0.1, -0.05) is 34.1 Å². The Morgan fingerprint density at radius 2 is 2.04 bits per heavy atom. The Morgan fingerprint density at radius 1 is 1.33 bits per heavy atom. The molecule has 0 spiro atoms. The summed E-state index contributed by atoms with van der Waals surface area (Å²) in [5, 5.41) is 23.4. The van der Waals surface area contributed by atoms with E-state index in [4.69, 9.17) is 9.15 Å². The van der Waals surface area contributed by atoms with E-state index in [1.165, 1.54) is 6.92 Å². The van der Waals surface area contributed by atoms with Crippen LogP contribution in [0.25, 0.3) is 0 Å². The van der Waals surface area contributed by atoms with Crippen molar-refractivity contribution in [1.82, 2.24) is 0 Å². The summed E-state index contributed by atoms with van der Waals surface area (Å²) in [7, 11) is 0. The van der Waals surface area contributed by atoms with Crippen molar-refractivity contribution in [3.05, 3.63) is 24.2 Å². The minimum atomic E-state index is -1.05. The number of rotatable bonds is 4. The number of furan rings is 1. The SMILES string of the molecule is CC(=O)O[C@H]1[C@@H](O)[C@H]2C(C)(C)CCC[C@]2(C)[C@@](O)(CCc2ccoc2)[C@@H]1C. The van der Waals surface area contributed by atoms with Crippen LogP contribution in [0.5, 0.6) is 0 Å². The standard InChI is InChI=1S/C22H34O5/c1-14-18(27-15(2)23)17(24)19-20(3,4)9-6-10-21(19,5)22(14,25)11-7-16-8-12-26-13-16/h8,12-14,17-19,24-25H,6-7,9-11H2,1-5H3/t14-,17-,18-,19+,21+,22-/m1/s1. The lowest BCUT2D eigenvalue weighted by molar-refractivity contribution is -0.281. The van der Waals surface area contributed by atoms with Crippen LogP contribution in [0.2, 0.25) is 0 Å². The summed E-state index contributed by atoms with van der Waals surface area (Å²) in [5.41, 5.74) is -0.602. The van der Waals surface area contributed by atoms with Gasteiger partial charge in [0.25, 0.3) is 0 Å². The number of esters is 1. The maximum absolute atomic E-state index is 12.1. The Hall–Kier alpha value is -1.33. The molecule has 0 bridgehead atoms. The molecule has 3 rings (SSSR count). The second-order valence-electron chi connectivity index (χ2n) is 9.65. The summed E-state index contributed by atoms with van der Waals surface area (Å²) in [6.07, 6.45) is 5.96. The molecule has 1 aromatic heterocycles. The van der Waals surface area contributed by atoms with Crippen LogP contribution >= 0.6 is 0 Å². The number of fused-ring (bicyclic) bond motifs is 1. The molecular weight excluding hydrogens is 344 g/mol. The molecule has 1 heterocycles. The molecule has 2 aliphatic rings. The molecule has 0 unspecified atom stereocenters. The smallest absolute Gasteiger partial charge is 0.303 e. The van der Waals surface area contributed by atoms with Crippen molar-refractivity contribution in [3.8, 4) is 0 Å². The average molecular weight is 379 g/mol. The van der Waals surface area contributed by atoms with E-state index in [9.17, 15) is 15.0 Å². The van der Waals surface area contributed by atoms with E-state index in [2.05, 4.69) is 20.8 Å². The number of carbonyl (C=O) groups excluding carboxylic acids is 1. The molecule has 2 fully saturated rings. The molecule has 152 valence electrons. The Labute approximate surface area is 162 Å². The highest BCUT2D eigenvalue weighted by Gasteiger charge is 2.67. The van der Waals surface area contributed by atoms with E-state index in [0.29, 0.717) is 12.8 Å². The Bertz CT molecular complexity index is 666. The van der Waals surface area contributed by atoms with Gasteiger partial charge in [0, 0.05) is 24.2 Å². The summed E-state index contributed by atoms with van der Waals surface area (Å²) in [4.78, 5) is 11.7. The first kappa shape index (κ1) is 20.4. The summed E-state index contributed by atoms with van der Waals surface area (Å²) in [6.45, 7) is 9.72. The summed E-state index contributed by atoms with van der Waals surface area (Å²) in [5.74, 6) is -0.924. The van der Waals surface area contributed by atoms with Crippen molar-refractivity contribution in [1.29, 1.82) is 0 Å². The van der Waals surface area contributed by atoms with Crippen LogP contribution in [0.15, 0.2) is 23.0 Å². The van der Waals surface area contributed by atoms with Gasteiger partial charge in [0.1, 0.15) is 6.10 Å². The van der Waals surface area contributed by atoms with Crippen LogP contribution in [-0.4, -0.2) is 34.0 Å². The van der Waals surface area contributed by atoms with Gasteiger partial charge in [-0.05, 0) is 42.7 Å². The predicted octanol–water partition coefficient (Wildman–Crippen LogP) is 3.72. The molecule has 5 nitrogen and oxygen atoms in total. The van der Waals surface area contributed by atoms with Gasteiger partial charge in [-0.3, -0.25) is 4.79 Å². The van der Waals surface area contributed by atoms with E-state index in [1.807, 2.05) is 13.0 Å². The highest BCUT2D eigenvalue weighted by molar-refractivity contribution is 5.66. The first-order valence-corrected chi connectivity index (χ1v) is 10.1. The van der Waals surface area contributed by atoms with Crippen LogP contribution in [0.1, 0.15) is 65.9 Å². The molecule has 1 aromatic rings. The maximum atomic E-state index is 12.1. The topological polar surface area (TPSA) is 79.9 Å². The maximum Gasteiger partial charge on any atom is 0.303 e. The van der Waals surface area contributed by atoms with Gasteiger partial charge < -0.3 is 19.4 Å². The van der Waals surface area contributed by atoms with Crippen LogP contribution in [0.3, 0.4) is 0 Å². The molecule has 2 aliphatic carbocycles. The lowest BCUT2D eigenvalue weighted by Gasteiger charge is -2.65. The quantitative estimate of drug-likeness (QED) is 0.781. The first-order chi connectivity index (χ1) is 12.5. The van der Waals surface area contributed by atoms with E-state index in [1.54, 1.807) is 12.5 Å². The fourth-order valence-corrected chi connectivity index (χ4v) is 6.33. The monoisotopic (exact) mass is 378 g/mol. The molecule has 2 saturated carbocycles. The number of aryl methyl sites for hydroxylation is 1. The number of hydrogen-bond acceptors (Lipinski definition) is 5. The van der Waals surface area contributed by atoms with Crippen molar-refractivity contribution in [2.75, 3.05) is 0 Å². The van der Waals surface area contributed by atoms with Crippen LogP contribution in [0, 0.1) is 22.7 Å². The number of aliphatic hydroxyl groups is 2. The highest BCUT2D eigenvalue weighted by atomic mass is 16.6. The Morgan fingerprint density at radius 3 is 2.63 bits per heavy atom. The third-order valence-corrected chi connectivity index (χ3v) is 7.64. The largest absolute Gasteiger partial charge is 0.472 e. The highest BCUT2D eigenvalue weighted by Crippen LogP contribution is 2.64. The molecule has 0 aromatic carbocycles. The van der Waals surface area contributed by atoms with E-state index in [0.717, 1.165) is 24.8 Å². The predicted molar refractivity (Wildman–Crippen MR) is 102 cm³/mol. The third kappa shape index (κ3) is 3.23. The molecule has 6 atom stereocenters. The van der Waals surface area contributed by atoms with Crippen molar-refractivity contribution in [2.24, 2.45) is 22.7 Å². The molecule has 0 amide bonds. The first-order valence-electron chi connectivity index (χ1n) is 10.1. The molecule has 2 N–H and O–H groups in total. The van der Waals surface area contributed by atoms with Crippen molar-refractivity contribution in [3.63, 3.8) is 0 Å². The zero-order chi connectivity index (χ0) is 20.0. The second-order valence-corrected chi connectivity index (χ2v) is 9.65. The van der Waals surface area contributed by atoms with Crippen LogP contribution < -0.4 is 0 Å². The molecule has 0 saturated heterocycles. The third-order valence-electron chi connectivity index (χ3n) is 7.64. The van der Waals surface area contributed by atoms with Gasteiger partial charge >= 0.3 is 5.97 Å². The number of hydrogen-bond donors (Lipinski definition) is 2. The normalized spacial score (nSPS) is 41.0. The van der Waals surface area contributed by atoms with Gasteiger partial charge in [0.15, 0.2) is 0 Å². The van der Waals surface area contributed by atoms with Crippen molar-refractivity contribution < 1.29 is 24.2 Å². The molecule has 0 aliphatic heterocycles. The van der Waals surface area contributed by atoms with Gasteiger partial charge in [-0.2, -0.15) is 0 Å². The number of carbonyl (C=O) groups is 1.